The van der Waals surface area contributed by atoms with E-state index < -0.39 is 18.0 Å². The third kappa shape index (κ3) is 3.96. The minimum Gasteiger partial charge on any atom is -0.387 e. The average molecular weight is 339 g/mol. The molecule has 0 spiro atoms. The number of β-amino-alcohol motifs (C(OH)–C–C–N with tert-alkyl or cyclic N) is 1. The molecule has 0 radical (unpaired) electrons. The summed E-state index contributed by atoms with van der Waals surface area (Å²) >= 11 is 0. The van der Waals surface area contributed by atoms with Gasteiger partial charge in [0.15, 0.2) is 5.69 Å². The number of nitrogens with zero attached hydrogens (tertiary/aromatic N) is 3. The van der Waals surface area contributed by atoms with Crippen molar-refractivity contribution in [3.63, 3.8) is 0 Å². The molecule has 1 saturated heterocycles. The Morgan fingerprint density at radius 2 is 1.96 bits per heavy atom. The van der Waals surface area contributed by atoms with Gasteiger partial charge in [0.05, 0.1) is 12.1 Å². The fourth-order valence-corrected chi connectivity index (χ4v) is 3.13. The van der Waals surface area contributed by atoms with Gasteiger partial charge in [-0.05, 0) is 31.0 Å². The normalized spacial score (nSPS) is 20.9. The topological polar surface area (TPSA) is 41.3 Å². The molecule has 0 amide bonds. The fraction of sp³-hybridized carbons (Fsp3) is 0.471. The molecular weight excluding hydrogens is 319 g/mol. The Morgan fingerprint density at radius 3 is 2.62 bits per heavy atom. The first-order chi connectivity index (χ1) is 11.4. The van der Waals surface area contributed by atoms with Crippen LogP contribution in [0.25, 0.3) is 0 Å². The Bertz CT molecular complexity index is 657. The van der Waals surface area contributed by atoms with Crippen LogP contribution in [-0.4, -0.2) is 39.4 Å². The van der Waals surface area contributed by atoms with Crippen molar-refractivity contribution in [1.82, 2.24) is 14.7 Å². The first-order valence-corrected chi connectivity index (χ1v) is 8.01. The van der Waals surface area contributed by atoms with Crippen LogP contribution >= 0.6 is 0 Å². The highest BCUT2D eigenvalue weighted by atomic mass is 19.4. The van der Waals surface area contributed by atoms with Crippen molar-refractivity contribution in [2.75, 3.05) is 19.6 Å². The van der Waals surface area contributed by atoms with Crippen LogP contribution in [0.5, 0.6) is 0 Å². The molecule has 130 valence electrons. The fourth-order valence-electron chi connectivity index (χ4n) is 3.13. The molecule has 0 saturated carbocycles. The molecule has 1 aliphatic heterocycles. The predicted molar refractivity (Wildman–Crippen MR) is 83.3 cm³/mol. The van der Waals surface area contributed by atoms with Gasteiger partial charge in [0.25, 0.3) is 0 Å². The lowest BCUT2D eigenvalue weighted by Gasteiger charge is -2.34. The van der Waals surface area contributed by atoms with Gasteiger partial charge < -0.3 is 5.11 Å². The van der Waals surface area contributed by atoms with Crippen LogP contribution < -0.4 is 0 Å². The second kappa shape index (κ2) is 6.94. The maximum absolute atomic E-state index is 12.7. The Labute approximate surface area is 138 Å². The van der Waals surface area contributed by atoms with E-state index in [2.05, 4.69) is 10.00 Å². The number of alkyl halides is 3. The van der Waals surface area contributed by atoms with E-state index in [1.54, 1.807) is 0 Å². The summed E-state index contributed by atoms with van der Waals surface area (Å²) in [5.74, 6) is 0. The number of benzene rings is 1. The molecule has 1 aliphatic rings. The lowest BCUT2D eigenvalue weighted by atomic mass is 10.0. The summed E-state index contributed by atoms with van der Waals surface area (Å²) < 4.78 is 39.5. The van der Waals surface area contributed by atoms with Crippen molar-refractivity contribution >= 4 is 0 Å². The van der Waals surface area contributed by atoms with Crippen LogP contribution in [0.3, 0.4) is 0 Å². The Kier molecular flexibility index (Phi) is 4.91. The average Bonchev–Trinajstić information content (AvgIpc) is 3.06. The number of halogens is 3. The summed E-state index contributed by atoms with van der Waals surface area (Å²) in [6.45, 7) is 1.88. The van der Waals surface area contributed by atoms with E-state index in [4.69, 9.17) is 0 Å². The number of rotatable bonds is 4. The zero-order valence-electron chi connectivity index (χ0n) is 13.2. The third-order valence-electron chi connectivity index (χ3n) is 4.37. The van der Waals surface area contributed by atoms with Crippen LogP contribution in [-0.2, 0) is 6.18 Å². The maximum atomic E-state index is 12.7. The van der Waals surface area contributed by atoms with Crippen LogP contribution in [0.1, 0.15) is 36.2 Å². The first kappa shape index (κ1) is 17.0. The zero-order valence-corrected chi connectivity index (χ0v) is 13.2. The summed E-state index contributed by atoms with van der Waals surface area (Å²) in [4.78, 5) is 2.08. The predicted octanol–water partition coefficient (Wildman–Crippen LogP) is 3.27. The maximum Gasteiger partial charge on any atom is 0.435 e. The van der Waals surface area contributed by atoms with Crippen LogP contribution in [0.2, 0.25) is 0 Å². The quantitative estimate of drug-likeness (QED) is 0.929. The summed E-state index contributed by atoms with van der Waals surface area (Å²) in [5, 5.41) is 14.0. The molecule has 2 aromatic rings. The van der Waals surface area contributed by atoms with Gasteiger partial charge in [-0.15, -0.1) is 0 Å². The van der Waals surface area contributed by atoms with E-state index >= 15 is 0 Å². The monoisotopic (exact) mass is 339 g/mol. The SMILES string of the molecule is O[C@H](CN1CCC[C@@H](n2ccc(C(F)(F)F)n2)C1)c1ccccc1. The highest BCUT2D eigenvalue weighted by Gasteiger charge is 2.34. The summed E-state index contributed by atoms with van der Waals surface area (Å²) in [6, 6.07) is 10.3. The molecule has 1 fully saturated rings. The van der Waals surface area contributed by atoms with E-state index in [-0.39, 0.29) is 6.04 Å². The molecule has 1 N–H and O–H groups in total. The second-order valence-electron chi connectivity index (χ2n) is 6.16. The molecule has 0 unspecified atom stereocenters. The van der Waals surface area contributed by atoms with Gasteiger partial charge in [-0.3, -0.25) is 9.58 Å². The molecule has 2 atom stereocenters. The van der Waals surface area contributed by atoms with Crippen molar-refractivity contribution < 1.29 is 18.3 Å². The van der Waals surface area contributed by atoms with E-state index in [0.29, 0.717) is 13.1 Å². The zero-order chi connectivity index (χ0) is 17.2. The molecular formula is C17H20F3N3O. The molecule has 0 bridgehead atoms. The number of aliphatic hydroxyl groups is 1. The van der Waals surface area contributed by atoms with Crippen molar-refractivity contribution in [3.8, 4) is 0 Å². The van der Waals surface area contributed by atoms with Gasteiger partial charge in [0.1, 0.15) is 0 Å². The highest BCUT2D eigenvalue weighted by Crippen LogP contribution is 2.29. The van der Waals surface area contributed by atoms with E-state index in [0.717, 1.165) is 31.0 Å². The van der Waals surface area contributed by atoms with E-state index in [1.807, 2.05) is 30.3 Å². The van der Waals surface area contributed by atoms with Gasteiger partial charge in [0.2, 0.25) is 0 Å². The molecule has 1 aromatic carbocycles. The largest absolute Gasteiger partial charge is 0.435 e. The molecule has 7 heteroatoms. The van der Waals surface area contributed by atoms with Gasteiger partial charge in [-0.25, -0.2) is 0 Å². The number of hydrogen-bond donors (Lipinski definition) is 1. The molecule has 24 heavy (non-hydrogen) atoms. The number of piperidine rings is 1. The number of hydrogen-bond acceptors (Lipinski definition) is 3. The number of likely N-dealkylation sites (tertiary alicyclic amines) is 1. The summed E-state index contributed by atoms with van der Waals surface area (Å²) in [6.07, 6.45) is -1.97. The molecule has 1 aromatic heterocycles. The summed E-state index contributed by atoms with van der Waals surface area (Å²) in [5.41, 5.74) is -0.0120. The van der Waals surface area contributed by atoms with Gasteiger partial charge >= 0.3 is 6.18 Å². The van der Waals surface area contributed by atoms with E-state index in [9.17, 15) is 18.3 Å². The Balaban J connectivity index is 1.63. The van der Waals surface area contributed by atoms with Gasteiger partial charge in [0, 0.05) is 19.3 Å². The number of aliphatic hydroxyl groups excluding tert-OH is 1. The minimum absolute atomic E-state index is 0.0992. The molecule has 4 nitrogen and oxygen atoms in total. The highest BCUT2D eigenvalue weighted by molar-refractivity contribution is 5.17. The van der Waals surface area contributed by atoms with E-state index in [1.165, 1.54) is 10.9 Å². The van der Waals surface area contributed by atoms with Gasteiger partial charge in [-0.2, -0.15) is 18.3 Å². The molecule has 0 aliphatic carbocycles. The van der Waals surface area contributed by atoms with Crippen LogP contribution in [0.15, 0.2) is 42.6 Å². The van der Waals surface area contributed by atoms with Crippen molar-refractivity contribution in [1.29, 1.82) is 0 Å². The Hall–Kier alpha value is -1.86. The van der Waals surface area contributed by atoms with Crippen molar-refractivity contribution in [3.05, 3.63) is 53.9 Å². The van der Waals surface area contributed by atoms with Crippen LogP contribution in [0, 0.1) is 0 Å². The lowest BCUT2D eigenvalue weighted by Crippen LogP contribution is -2.39. The number of aromatic nitrogens is 2. The summed E-state index contributed by atoms with van der Waals surface area (Å²) in [7, 11) is 0. The minimum atomic E-state index is -4.41. The lowest BCUT2D eigenvalue weighted by molar-refractivity contribution is -0.141. The van der Waals surface area contributed by atoms with Crippen molar-refractivity contribution in [2.24, 2.45) is 0 Å². The first-order valence-electron chi connectivity index (χ1n) is 8.01. The van der Waals surface area contributed by atoms with Gasteiger partial charge in [-0.1, -0.05) is 30.3 Å². The second-order valence-corrected chi connectivity index (χ2v) is 6.16. The van der Waals surface area contributed by atoms with Crippen molar-refractivity contribution in [2.45, 2.75) is 31.2 Å². The molecule has 2 heterocycles. The standard InChI is InChI=1S/C17H20F3N3O/c18-17(19,20)16-8-10-23(21-16)14-7-4-9-22(11-14)12-15(24)13-5-2-1-3-6-13/h1-3,5-6,8,10,14-15,24H,4,7,9,11-12H2/t14-,15-/m1/s1. The van der Waals surface area contributed by atoms with Crippen LogP contribution in [0.4, 0.5) is 13.2 Å². The Morgan fingerprint density at radius 1 is 1.21 bits per heavy atom. The third-order valence-corrected chi connectivity index (χ3v) is 4.37. The molecule has 3 rings (SSSR count). The smallest absolute Gasteiger partial charge is 0.387 e.